The van der Waals surface area contributed by atoms with E-state index in [1.54, 1.807) is 4.90 Å². The van der Waals surface area contributed by atoms with E-state index in [4.69, 9.17) is 14.3 Å². The average molecular weight is 330 g/mol. The third kappa shape index (κ3) is 3.84. The van der Waals surface area contributed by atoms with Gasteiger partial charge >= 0.3 is 6.09 Å². The van der Waals surface area contributed by atoms with Crippen LogP contribution in [0.5, 0.6) is 0 Å². The normalized spacial score (nSPS) is 30.5. The second-order valence-electron chi connectivity index (χ2n) is 8.15. The summed E-state index contributed by atoms with van der Waals surface area (Å²) in [4.78, 5) is 13.6. The average Bonchev–Trinajstić information content (AvgIpc) is 2.79. The van der Waals surface area contributed by atoms with E-state index < -0.39 is 8.32 Å². The highest BCUT2D eigenvalue weighted by Gasteiger charge is 2.41. The maximum Gasteiger partial charge on any atom is 0.410 e. The van der Waals surface area contributed by atoms with Crippen molar-refractivity contribution in [1.82, 2.24) is 4.90 Å². The number of amides is 1. The number of carbonyl (C=O) groups excluding carboxylic acids is 1. The van der Waals surface area contributed by atoms with Gasteiger partial charge in [-0.1, -0.05) is 20.8 Å². The van der Waals surface area contributed by atoms with Crippen LogP contribution in [0.4, 0.5) is 4.79 Å². The molecule has 2 rings (SSSR count). The number of hydrogen-bond acceptors (Lipinski definition) is 4. The molecule has 1 saturated heterocycles. The van der Waals surface area contributed by atoms with E-state index in [0.29, 0.717) is 12.6 Å². The predicted octanol–water partition coefficient (Wildman–Crippen LogP) is 3.13. The lowest BCUT2D eigenvalue weighted by Gasteiger charge is -2.42. The van der Waals surface area contributed by atoms with Gasteiger partial charge in [-0.05, 0) is 43.8 Å². The van der Waals surface area contributed by atoms with Gasteiger partial charge in [-0.3, -0.25) is 0 Å². The van der Waals surface area contributed by atoms with Crippen molar-refractivity contribution in [2.45, 2.75) is 82.8 Å². The first-order chi connectivity index (χ1) is 10.1. The Balaban J connectivity index is 1.85. The fourth-order valence-corrected chi connectivity index (χ4v) is 4.43. The van der Waals surface area contributed by atoms with Crippen LogP contribution in [-0.2, 0) is 9.16 Å². The van der Waals surface area contributed by atoms with Gasteiger partial charge in [-0.15, -0.1) is 0 Å². The van der Waals surface area contributed by atoms with Crippen LogP contribution < -0.4 is 0 Å². The van der Waals surface area contributed by atoms with Crippen molar-refractivity contribution in [3.63, 3.8) is 0 Å². The quantitative estimate of drug-likeness (QED) is 0.805. The molecule has 0 unspecified atom stereocenters. The molecule has 1 aliphatic carbocycles. The van der Waals surface area contributed by atoms with Gasteiger partial charge in [0.2, 0.25) is 0 Å². The molecule has 5 nitrogen and oxygen atoms in total. The van der Waals surface area contributed by atoms with Gasteiger partial charge in [-0.2, -0.15) is 0 Å². The van der Waals surface area contributed by atoms with Crippen molar-refractivity contribution in [1.29, 1.82) is 0 Å². The molecule has 0 aromatic carbocycles. The van der Waals surface area contributed by atoms with Gasteiger partial charge in [0.05, 0.1) is 13.2 Å². The monoisotopic (exact) mass is 329 g/mol. The van der Waals surface area contributed by atoms with Gasteiger partial charge in [0.1, 0.15) is 6.10 Å². The number of rotatable bonds is 4. The van der Waals surface area contributed by atoms with E-state index in [2.05, 4.69) is 33.9 Å². The summed E-state index contributed by atoms with van der Waals surface area (Å²) in [6.07, 6.45) is 3.64. The Bertz CT molecular complexity index is 399. The molecule has 0 aromatic rings. The molecule has 6 heteroatoms. The van der Waals surface area contributed by atoms with E-state index in [-0.39, 0.29) is 29.9 Å². The molecule has 1 N–H and O–H groups in total. The molecule has 0 aromatic heterocycles. The highest BCUT2D eigenvalue weighted by Crippen LogP contribution is 2.39. The molecule has 1 saturated carbocycles. The summed E-state index contributed by atoms with van der Waals surface area (Å²) in [5, 5.41) is 9.36. The molecular weight excluding hydrogens is 298 g/mol. The number of nitrogens with zero attached hydrogens (tertiary/aromatic N) is 1. The number of cyclic esters (lactones) is 1. The smallest absolute Gasteiger partial charge is 0.410 e. The zero-order valence-corrected chi connectivity index (χ0v) is 15.6. The van der Waals surface area contributed by atoms with E-state index in [0.717, 1.165) is 25.7 Å². The molecule has 128 valence electrons. The molecule has 1 amide bonds. The fourth-order valence-electron chi connectivity index (χ4n) is 3.00. The van der Waals surface area contributed by atoms with Gasteiger partial charge in [-0.25, -0.2) is 4.79 Å². The zero-order valence-electron chi connectivity index (χ0n) is 14.6. The molecule has 1 heterocycles. The number of ether oxygens (including phenoxy) is 1. The van der Waals surface area contributed by atoms with E-state index in [9.17, 15) is 4.79 Å². The number of aliphatic hydroxyl groups excluding tert-OH is 1. The highest BCUT2D eigenvalue weighted by atomic mass is 28.4. The molecule has 2 fully saturated rings. The third-order valence-electron chi connectivity index (χ3n) is 5.46. The van der Waals surface area contributed by atoms with Crippen LogP contribution in [-0.4, -0.2) is 55.8 Å². The first-order valence-electron chi connectivity index (χ1n) is 8.40. The van der Waals surface area contributed by atoms with Gasteiger partial charge < -0.3 is 19.2 Å². The van der Waals surface area contributed by atoms with Gasteiger partial charge in [0.15, 0.2) is 8.32 Å². The van der Waals surface area contributed by atoms with Crippen LogP contribution in [0.15, 0.2) is 0 Å². The Labute approximate surface area is 135 Å². The highest BCUT2D eigenvalue weighted by molar-refractivity contribution is 6.74. The van der Waals surface area contributed by atoms with Gasteiger partial charge in [0.25, 0.3) is 0 Å². The fraction of sp³-hybridized carbons (Fsp3) is 0.938. The lowest BCUT2D eigenvalue weighted by molar-refractivity contribution is 0.0859. The summed E-state index contributed by atoms with van der Waals surface area (Å²) >= 11 is 0. The lowest BCUT2D eigenvalue weighted by Crippen LogP contribution is -2.46. The Morgan fingerprint density at radius 3 is 2.32 bits per heavy atom. The number of aliphatic hydroxyl groups is 1. The first kappa shape index (κ1) is 17.8. The largest absolute Gasteiger partial charge is 0.442 e. The Kier molecular flexibility index (Phi) is 5.24. The Morgan fingerprint density at radius 2 is 1.86 bits per heavy atom. The minimum Gasteiger partial charge on any atom is -0.442 e. The predicted molar refractivity (Wildman–Crippen MR) is 88.4 cm³/mol. The molecule has 1 atom stereocenters. The lowest BCUT2D eigenvalue weighted by atomic mass is 9.92. The van der Waals surface area contributed by atoms with Gasteiger partial charge in [0, 0.05) is 12.1 Å². The Morgan fingerprint density at radius 1 is 1.27 bits per heavy atom. The first-order valence-corrected chi connectivity index (χ1v) is 11.3. The van der Waals surface area contributed by atoms with Crippen LogP contribution in [0.2, 0.25) is 18.1 Å². The van der Waals surface area contributed by atoms with Crippen LogP contribution >= 0.6 is 0 Å². The topological polar surface area (TPSA) is 59.0 Å². The second kappa shape index (κ2) is 6.49. The maximum atomic E-state index is 11.9. The summed E-state index contributed by atoms with van der Waals surface area (Å²) < 4.78 is 11.6. The van der Waals surface area contributed by atoms with Crippen LogP contribution in [0.25, 0.3) is 0 Å². The molecule has 0 spiro atoms. The van der Waals surface area contributed by atoms with E-state index >= 15 is 0 Å². The van der Waals surface area contributed by atoms with Crippen molar-refractivity contribution < 1.29 is 19.1 Å². The van der Waals surface area contributed by atoms with E-state index in [1.807, 2.05) is 0 Å². The maximum absolute atomic E-state index is 11.9. The minimum atomic E-state index is -1.71. The number of carbonyl (C=O) groups is 1. The van der Waals surface area contributed by atoms with Crippen molar-refractivity contribution in [2.75, 3.05) is 13.2 Å². The summed E-state index contributed by atoms with van der Waals surface area (Å²) in [5.41, 5.74) is 0. The molecule has 2 aliphatic rings. The van der Waals surface area contributed by atoms with Crippen molar-refractivity contribution >= 4 is 14.4 Å². The number of hydrogen-bond donors (Lipinski definition) is 1. The van der Waals surface area contributed by atoms with Crippen molar-refractivity contribution in [3.05, 3.63) is 0 Å². The van der Waals surface area contributed by atoms with Crippen molar-refractivity contribution in [2.24, 2.45) is 0 Å². The zero-order chi connectivity index (χ0) is 16.5. The molecule has 22 heavy (non-hydrogen) atoms. The van der Waals surface area contributed by atoms with Crippen LogP contribution in [0.1, 0.15) is 46.5 Å². The third-order valence-corrected chi connectivity index (χ3v) is 9.99. The molecule has 0 bridgehead atoms. The summed E-state index contributed by atoms with van der Waals surface area (Å²) in [6, 6.07) is 0.239. The molecule has 0 radical (unpaired) electrons. The summed E-state index contributed by atoms with van der Waals surface area (Å²) in [6.45, 7) is 11.8. The second-order valence-corrected chi connectivity index (χ2v) is 12.9. The van der Waals surface area contributed by atoms with Crippen LogP contribution in [0, 0.1) is 0 Å². The summed E-state index contributed by atoms with van der Waals surface area (Å²) in [7, 11) is -1.71. The summed E-state index contributed by atoms with van der Waals surface area (Å²) in [5.74, 6) is 0. The Hall–Kier alpha value is -0.593. The molecule has 1 aliphatic heterocycles. The molecular formula is C16H31NO4Si. The standard InChI is InChI=1S/C16H31NO4Si/c1-16(2,3)22(4,5)21-13-8-6-12(7-9-13)17-10-14(11-18)20-15(17)19/h12-14,18H,6-11H2,1-5H3/t12?,13?,14-/m1/s1. The van der Waals surface area contributed by atoms with E-state index in [1.165, 1.54) is 0 Å². The van der Waals surface area contributed by atoms with Crippen molar-refractivity contribution in [3.8, 4) is 0 Å². The van der Waals surface area contributed by atoms with Crippen LogP contribution in [0.3, 0.4) is 0 Å². The SMILES string of the molecule is CC(C)(C)[Si](C)(C)OC1CCC(N2C[C@H](CO)OC2=O)CC1. The minimum absolute atomic E-state index is 0.0912.